The molecule has 3 atom stereocenters. The fraction of sp³-hybridized carbons (Fsp3) is 0.941. The Bertz CT molecular complexity index is 365. The molecule has 3 rings (SSSR count). The summed E-state index contributed by atoms with van der Waals surface area (Å²) >= 11 is 0. The van der Waals surface area contributed by atoms with Crippen LogP contribution in [0.25, 0.3) is 0 Å². The molecule has 3 aliphatic rings. The lowest BCUT2D eigenvalue weighted by Crippen LogP contribution is -2.43. The van der Waals surface area contributed by atoms with Crippen molar-refractivity contribution in [3.63, 3.8) is 0 Å². The molecule has 4 nitrogen and oxygen atoms in total. The van der Waals surface area contributed by atoms with Crippen LogP contribution in [0.5, 0.6) is 0 Å². The van der Waals surface area contributed by atoms with Gasteiger partial charge in [0.2, 0.25) is 5.91 Å². The second-order valence-electron chi connectivity index (χ2n) is 7.55. The van der Waals surface area contributed by atoms with Gasteiger partial charge in [-0.3, -0.25) is 4.79 Å². The zero-order valence-corrected chi connectivity index (χ0v) is 13.7. The maximum Gasteiger partial charge on any atom is 0.225 e. The molecule has 4 heteroatoms. The van der Waals surface area contributed by atoms with Gasteiger partial charge in [-0.2, -0.15) is 0 Å². The number of amides is 1. The van der Waals surface area contributed by atoms with Gasteiger partial charge in [0.1, 0.15) is 0 Å². The van der Waals surface area contributed by atoms with E-state index >= 15 is 0 Å². The Kier molecular flexibility index (Phi) is 4.85. The summed E-state index contributed by atoms with van der Waals surface area (Å²) in [6.07, 6.45) is 5.94. The molecule has 3 fully saturated rings. The van der Waals surface area contributed by atoms with Crippen molar-refractivity contribution in [2.45, 2.75) is 45.1 Å². The third-order valence-electron chi connectivity index (χ3n) is 5.94. The maximum atomic E-state index is 12.7. The van der Waals surface area contributed by atoms with E-state index in [4.69, 9.17) is 0 Å². The number of carbonyl (C=O) groups is 1. The summed E-state index contributed by atoms with van der Waals surface area (Å²) in [5.41, 5.74) is 0. The second-order valence-corrected chi connectivity index (χ2v) is 7.55. The van der Waals surface area contributed by atoms with Gasteiger partial charge in [-0.1, -0.05) is 0 Å². The van der Waals surface area contributed by atoms with E-state index in [2.05, 4.69) is 29.1 Å². The lowest BCUT2D eigenvalue weighted by Gasteiger charge is -2.33. The zero-order chi connectivity index (χ0) is 14.8. The third kappa shape index (κ3) is 3.59. The third-order valence-corrected chi connectivity index (χ3v) is 5.94. The predicted molar refractivity (Wildman–Crippen MR) is 85.1 cm³/mol. The highest BCUT2D eigenvalue weighted by Crippen LogP contribution is 2.32. The topological polar surface area (TPSA) is 35.6 Å². The monoisotopic (exact) mass is 293 g/mol. The van der Waals surface area contributed by atoms with E-state index in [9.17, 15) is 4.79 Å². The fourth-order valence-corrected chi connectivity index (χ4v) is 4.49. The summed E-state index contributed by atoms with van der Waals surface area (Å²) in [6, 6.07) is 0.500. The number of carbonyl (C=O) groups excluding carboxylic acids is 1. The molecular formula is C17H31N3O. The molecule has 0 aromatic carbocycles. The Morgan fingerprint density at radius 1 is 1.05 bits per heavy atom. The van der Waals surface area contributed by atoms with Gasteiger partial charge in [0.05, 0.1) is 0 Å². The average Bonchev–Trinajstić information content (AvgIpc) is 2.97. The Labute approximate surface area is 129 Å². The number of hydrogen-bond acceptors (Lipinski definition) is 3. The van der Waals surface area contributed by atoms with Crippen LogP contribution in [-0.4, -0.2) is 61.5 Å². The Hall–Kier alpha value is -0.610. The average molecular weight is 293 g/mol. The van der Waals surface area contributed by atoms with E-state index in [-0.39, 0.29) is 5.92 Å². The highest BCUT2D eigenvalue weighted by molar-refractivity contribution is 5.79. The number of nitrogens with zero attached hydrogens (tertiary/aromatic N) is 2. The van der Waals surface area contributed by atoms with Crippen molar-refractivity contribution >= 4 is 5.91 Å². The number of piperidine rings is 2. The molecule has 3 heterocycles. The van der Waals surface area contributed by atoms with Gasteiger partial charge in [-0.25, -0.2) is 0 Å². The molecule has 0 radical (unpaired) electrons. The van der Waals surface area contributed by atoms with Gasteiger partial charge in [-0.05, 0) is 77.5 Å². The van der Waals surface area contributed by atoms with Crippen LogP contribution in [0.1, 0.15) is 39.0 Å². The fourth-order valence-electron chi connectivity index (χ4n) is 4.49. The molecule has 1 N–H and O–H groups in total. The van der Waals surface area contributed by atoms with Gasteiger partial charge < -0.3 is 15.1 Å². The Balaban J connectivity index is 1.50. The van der Waals surface area contributed by atoms with Gasteiger partial charge in [-0.15, -0.1) is 0 Å². The first-order valence-electron chi connectivity index (χ1n) is 8.84. The first-order valence-corrected chi connectivity index (χ1v) is 8.84. The van der Waals surface area contributed by atoms with E-state index in [0.29, 0.717) is 11.9 Å². The first-order chi connectivity index (χ1) is 10.1. The van der Waals surface area contributed by atoms with Crippen LogP contribution in [0.4, 0.5) is 0 Å². The summed E-state index contributed by atoms with van der Waals surface area (Å²) in [4.78, 5) is 17.3. The van der Waals surface area contributed by atoms with Gasteiger partial charge in [0.25, 0.3) is 0 Å². The molecule has 3 aliphatic heterocycles. The maximum absolute atomic E-state index is 12.7. The van der Waals surface area contributed by atoms with Crippen LogP contribution in [0.3, 0.4) is 0 Å². The molecule has 0 saturated carbocycles. The zero-order valence-electron chi connectivity index (χ0n) is 13.7. The summed E-state index contributed by atoms with van der Waals surface area (Å²) in [5, 5.41) is 3.45. The standard InChI is InChI=1S/C17H31N3O/c1-13-11-15(3-7-18-13)17(21)20-10-6-16(12-20)14-4-8-19(2)9-5-14/h13-16,18H,3-12H2,1-2H3/t13-,15-,16?/m0/s1. The number of likely N-dealkylation sites (tertiary alicyclic amines) is 2. The van der Waals surface area contributed by atoms with Crippen LogP contribution >= 0.6 is 0 Å². The first kappa shape index (κ1) is 15.3. The van der Waals surface area contributed by atoms with E-state index in [1.165, 1.54) is 32.4 Å². The molecule has 120 valence electrons. The van der Waals surface area contributed by atoms with Crippen molar-refractivity contribution in [2.75, 3.05) is 39.8 Å². The summed E-state index contributed by atoms with van der Waals surface area (Å²) in [7, 11) is 2.22. The minimum absolute atomic E-state index is 0.275. The van der Waals surface area contributed by atoms with Crippen molar-refractivity contribution in [1.29, 1.82) is 0 Å². The van der Waals surface area contributed by atoms with Crippen LogP contribution in [0, 0.1) is 17.8 Å². The van der Waals surface area contributed by atoms with Gasteiger partial charge in [0.15, 0.2) is 0 Å². The molecule has 1 unspecified atom stereocenters. The molecule has 0 bridgehead atoms. The number of nitrogens with one attached hydrogen (secondary N) is 1. The van der Waals surface area contributed by atoms with E-state index in [1.807, 2.05) is 0 Å². The van der Waals surface area contributed by atoms with Crippen molar-refractivity contribution in [1.82, 2.24) is 15.1 Å². The van der Waals surface area contributed by atoms with E-state index < -0.39 is 0 Å². The number of hydrogen-bond donors (Lipinski definition) is 1. The van der Waals surface area contributed by atoms with Crippen LogP contribution in [0.15, 0.2) is 0 Å². The number of rotatable bonds is 2. The molecular weight excluding hydrogens is 262 g/mol. The smallest absolute Gasteiger partial charge is 0.225 e. The van der Waals surface area contributed by atoms with Crippen molar-refractivity contribution in [2.24, 2.45) is 17.8 Å². The van der Waals surface area contributed by atoms with Gasteiger partial charge in [0, 0.05) is 25.0 Å². The van der Waals surface area contributed by atoms with Crippen molar-refractivity contribution < 1.29 is 4.79 Å². The predicted octanol–water partition coefficient (Wildman–Crippen LogP) is 1.56. The quantitative estimate of drug-likeness (QED) is 0.839. The van der Waals surface area contributed by atoms with Crippen molar-refractivity contribution in [3.05, 3.63) is 0 Å². The Morgan fingerprint density at radius 3 is 2.48 bits per heavy atom. The second kappa shape index (κ2) is 6.66. The van der Waals surface area contributed by atoms with Gasteiger partial charge >= 0.3 is 0 Å². The van der Waals surface area contributed by atoms with Crippen LogP contribution in [0.2, 0.25) is 0 Å². The van der Waals surface area contributed by atoms with Crippen molar-refractivity contribution in [3.8, 4) is 0 Å². The largest absolute Gasteiger partial charge is 0.342 e. The molecule has 21 heavy (non-hydrogen) atoms. The minimum atomic E-state index is 0.275. The SMILES string of the molecule is C[C@H]1C[C@@H](C(=O)N2CCC(C3CCN(C)CC3)C2)CCN1. The summed E-state index contributed by atoms with van der Waals surface area (Å²) < 4.78 is 0. The van der Waals surface area contributed by atoms with E-state index in [1.54, 1.807) is 0 Å². The summed E-state index contributed by atoms with van der Waals surface area (Å²) in [6.45, 7) is 7.72. The molecule has 0 aliphatic carbocycles. The molecule has 0 aromatic rings. The molecule has 3 saturated heterocycles. The molecule has 0 aromatic heterocycles. The minimum Gasteiger partial charge on any atom is -0.342 e. The molecule has 1 amide bonds. The van der Waals surface area contributed by atoms with Crippen LogP contribution in [-0.2, 0) is 4.79 Å². The highest BCUT2D eigenvalue weighted by atomic mass is 16.2. The lowest BCUT2D eigenvalue weighted by atomic mass is 9.84. The lowest BCUT2D eigenvalue weighted by molar-refractivity contribution is -0.135. The normalized spacial score (nSPS) is 36.1. The van der Waals surface area contributed by atoms with E-state index in [0.717, 1.165) is 44.3 Å². The summed E-state index contributed by atoms with van der Waals surface area (Å²) in [5.74, 6) is 2.34. The Morgan fingerprint density at radius 2 is 1.76 bits per heavy atom. The highest BCUT2D eigenvalue weighted by Gasteiger charge is 2.36. The van der Waals surface area contributed by atoms with Crippen LogP contribution < -0.4 is 5.32 Å². The molecule has 0 spiro atoms.